The third-order valence-corrected chi connectivity index (χ3v) is 4.85. The van der Waals surface area contributed by atoms with Crippen LogP contribution in [0, 0.1) is 0 Å². The summed E-state index contributed by atoms with van der Waals surface area (Å²) in [6, 6.07) is 17.8. The Morgan fingerprint density at radius 1 is 0.821 bits per heavy atom. The van der Waals surface area contributed by atoms with Crippen molar-refractivity contribution in [2.45, 2.75) is 58.3 Å². The molecule has 0 atom stereocenters. The molecule has 2 aromatic carbocycles. The van der Waals surface area contributed by atoms with Crippen LogP contribution in [0.4, 0.5) is 0 Å². The Balaban J connectivity index is 1.83. The summed E-state index contributed by atoms with van der Waals surface area (Å²) in [5.41, 5.74) is 2.21. The zero-order chi connectivity index (χ0) is 20.4. The Hall–Kier alpha value is -2.62. The van der Waals surface area contributed by atoms with E-state index < -0.39 is 5.97 Å². The number of hydrogen-bond acceptors (Lipinski definition) is 4. The average Bonchev–Trinajstić information content (AvgIpc) is 2.71. The molecule has 0 amide bonds. The fourth-order valence-electron chi connectivity index (χ4n) is 2.96. The van der Waals surface area contributed by atoms with Gasteiger partial charge in [0.05, 0.1) is 19.4 Å². The maximum Gasteiger partial charge on any atom is 0.311 e. The molecule has 0 N–H and O–H groups in total. The molecule has 0 saturated heterocycles. The van der Waals surface area contributed by atoms with Gasteiger partial charge in [-0.15, -0.1) is 0 Å². The quantitative estimate of drug-likeness (QED) is 0.312. The Morgan fingerprint density at radius 2 is 1.43 bits per heavy atom. The normalized spacial score (nSPS) is 11.1. The molecular weight excluding hydrogens is 352 g/mol. The molecule has 4 nitrogen and oxygen atoms in total. The van der Waals surface area contributed by atoms with Gasteiger partial charge in [-0.1, -0.05) is 76.1 Å². The molecule has 0 spiro atoms. The molecule has 0 radical (unpaired) electrons. The number of ether oxygens (including phenoxy) is 2. The summed E-state index contributed by atoms with van der Waals surface area (Å²) in [5.74, 6) is -0.303. The number of esters is 2. The van der Waals surface area contributed by atoms with E-state index in [1.54, 1.807) is 12.1 Å². The minimum absolute atomic E-state index is 0.0177. The Labute approximate surface area is 167 Å². The van der Waals surface area contributed by atoms with Crippen molar-refractivity contribution in [2.24, 2.45) is 0 Å². The van der Waals surface area contributed by atoms with E-state index in [9.17, 15) is 9.59 Å². The molecule has 0 saturated carbocycles. The third-order valence-electron chi connectivity index (χ3n) is 4.85. The minimum atomic E-state index is -0.430. The summed E-state index contributed by atoms with van der Waals surface area (Å²) >= 11 is 0. The Kier molecular flexibility index (Phi) is 8.24. The van der Waals surface area contributed by atoms with Crippen molar-refractivity contribution in [2.75, 3.05) is 6.61 Å². The lowest BCUT2D eigenvalue weighted by atomic mass is 9.78. The Bertz CT molecular complexity index is 748. The summed E-state index contributed by atoms with van der Waals surface area (Å²) < 4.78 is 10.4. The highest BCUT2D eigenvalue weighted by molar-refractivity contribution is 5.79. The third kappa shape index (κ3) is 6.52. The first-order valence-electron chi connectivity index (χ1n) is 9.96. The van der Waals surface area contributed by atoms with Crippen LogP contribution >= 0.6 is 0 Å². The van der Waals surface area contributed by atoms with Gasteiger partial charge >= 0.3 is 11.9 Å². The summed E-state index contributed by atoms with van der Waals surface area (Å²) in [5, 5.41) is 0. The van der Waals surface area contributed by atoms with Crippen LogP contribution in [0.3, 0.4) is 0 Å². The second kappa shape index (κ2) is 10.6. The van der Waals surface area contributed by atoms with Gasteiger partial charge in [0.2, 0.25) is 0 Å². The minimum Gasteiger partial charge on any atom is -0.466 e. The molecule has 0 aliphatic carbocycles. The highest BCUT2D eigenvalue weighted by atomic mass is 16.5. The smallest absolute Gasteiger partial charge is 0.311 e. The zero-order valence-corrected chi connectivity index (χ0v) is 17.1. The number of hydrogen-bond donors (Lipinski definition) is 0. The fourth-order valence-corrected chi connectivity index (χ4v) is 2.96. The number of carbonyl (C=O) groups excluding carboxylic acids is 2. The largest absolute Gasteiger partial charge is 0.466 e. The maximum absolute atomic E-state index is 12.0. The van der Waals surface area contributed by atoms with Gasteiger partial charge < -0.3 is 9.47 Å². The van der Waals surface area contributed by atoms with Gasteiger partial charge in [0, 0.05) is 5.41 Å². The second-order valence-corrected chi connectivity index (χ2v) is 7.42. The number of unbranched alkanes of at least 4 members (excludes halogenated alkanes) is 2. The van der Waals surface area contributed by atoms with E-state index in [-0.39, 0.29) is 24.2 Å². The second-order valence-electron chi connectivity index (χ2n) is 7.42. The van der Waals surface area contributed by atoms with Crippen LogP contribution < -0.4 is 4.74 Å². The van der Waals surface area contributed by atoms with E-state index >= 15 is 0 Å². The van der Waals surface area contributed by atoms with Gasteiger partial charge in [-0.2, -0.15) is 0 Å². The van der Waals surface area contributed by atoms with E-state index in [0.717, 1.165) is 24.8 Å². The van der Waals surface area contributed by atoms with Gasteiger partial charge in [0.1, 0.15) is 5.75 Å². The molecule has 0 aliphatic heterocycles. The van der Waals surface area contributed by atoms with E-state index in [1.165, 1.54) is 5.56 Å². The highest BCUT2D eigenvalue weighted by Crippen LogP contribution is 2.32. The molecule has 2 aromatic rings. The molecule has 4 heteroatoms. The highest BCUT2D eigenvalue weighted by Gasteiger charge is 2.22. The zero-order valence-electron chi connectivity index (χ0n) is 17.1. The monoisotopic (exact) mass is 382 g/mol. The molecule has 28 heavy (non-hydrogen) atoms. The van der Waals surface area contributed by atoms with Crippen molar-refractivity contribution in [3.8, 4) is 5.75 Å². The first kappa shape index (κ1) is 21.7. The molecule has 0 bridgehead atoms. The maximum atomic E-state index is 12.0. The van der Waals surface area contributed by atoms with Gasteiger partial charge in [0.25, 0.3) is 0 Å². The number of carbonyl (C=O) groups is 2. The summed E-state index contributed by atoms with van der Waals surface area (Å²) in [7, 11) is 0. The Morgan fingerprint density at radius 3 is 2.07 bits per heavy atom. The van der Waals surface area contributed by atoms with Crippen molar-refractivity contribution in [3.05, 3.63) is 65.7 Å². The van der Waals surface area contributed by atoms with E-state index in [4.69, 9.17) is 9.47 Å². The summed E-state index contributed by atoms with van der Waals surface area (Å²) in [4.78, 5) is 23.6. The van der Waals surface area contributed by atoms with Gasteiger partial charge in [-0.25, -0.2) is 0 Å². The first-order chi connectivity index (χ1) is 13.4. The van der Waals surface area contributed by atoms with Gasteiger partial charge in [-0.05, 0) is 29.7 Å². The molecule has 0 unspecified atom stereocenters. The van der Waals surface area contributed by atoms with Crippen LogP contribution in [0.2, 0.25) is 0 Å². The number of benzene rings is 2. The van der Waals surface area contributed by atoms with E-state index in [2.05, 4.69) is 32.9 Å². The molecule has 0 heterocycles. The van der Waals surface area contributed by atoms with Crippen LogP contribution in [0.1, 0.15) is 64.0 Å². The predicted molar refractivity (Wildman–Crippen MR) is 110 cm³/mol. The van der Waals surface area contributed by atoms with Gasteiger partial charge in [-0.3, -0.25) is 9.59 Å². The average molecular weight is 383 g/mol. The molecule has 150 valence electrons. The molecule has 2 rings (SSSR count). The molecule has 0 fully saturated rings. The fraction of sp³-hybridized carbons (Fsp3) is 0.417. The lowest BCUT2D eigenvalue weighted by molar-refractivity contribution is -0.147. The van der Waals surface area contributed by atoms with Gasteiger partial charge in [0.15, 0.2) is 0 Å². The van der Waals surface area contributed by atoms with Crippen LogP contribution in [-0.4, -0.2) is 18.5 Å². The van der Waals surface area contributed by atoms with Crippen molar-refractivity contribution in [1.29, 1.82) is 0 Å². The first-order valence-corrected chi connectivity index (χ1v) is 9.96. The lowest BCUT2D eigenvalue weighted by Gasteiger charge is -2.26. The topological polar surface area (TPSA) is 52.6 Å². The summed E-state index contributed by atoms with van der Waals surface area (Å²) in [6.45, 7) is 6.83. The standard InChI is InChI=1S/C24H30O4/c1-4-5-9-18-27-22(25)16-17-23(26)28-21-14-12-20(13-15-21)24(2,3)19-10-7-6-8-11-19/h6-8,10-15H,4-5,9,16-18H2,1-3H3. The molecule has 0 aliphatic rings. The van der Waals surface area contributed by atoms with Crippen LogP contribution in [0.15, 0.2) is 54.6 Å². The molecular formula is C24H30O4. The van der Waals surface area contributed by atoms with Crippen molar-refractivity contribution in [3.63, 3.8) is 0 Å². The van der Waals surface area contributed by atoms with Crippen molar-refractivity contribution < 1.29 is 19.1 Å². The van der Waals surface area contributed by atoms with Crippen molar-refractivity contribution in [1.82, 2.24) is 0 Å². The number of rotatable bonds is 10. The van der Waals surface area contributed by atoms with Crippen LogP contribution in [0.5, 0.6) is 5.75 Å². The van der Waals surface area contributed by atoms with Crippen LogP contribution in [-0.2, 0) is 19.7 Å². The molecule has 0 aromatic heterocycles. The van der Waals surface area contributed by atoms with E-state index in [1.807, 2.05) is 30.3 Å². The SMILES string of the molecule is CCCCCOC(=O)CCC(=O)Oc1ccc(C(C)(C)c2ccccc2)cc1. The summed E-state index contributed by atoms with van der Waals surface area (Å²) in [6.07, 6.45) is 3.03. The van der Waals surface area contributed by atoms with E-state index in [0.29, 0.717) is 12.4 Å². The van der Waals surface area contributed by atoms with Crippen LogP contribution in [0.25, 0.3) is 0 Å². The lowest BCUT2D eigenvalue weighted by Crippen LogP contribution is -2.18. The predicted octanol–water partition coefficient (Wildman–Crippen LogP) is 5.43. The van der Waals surface area contributed by atoms with Crippen molar-refractivity contribution >= 4 is 11.9 Å².